The highest BCUT2D eigenvalue weighted by atomic mass is 32.2. The first-order valence-electron chi connectivity index (χ1n) is 6.25. The van der Waals surface area contributed by atoms with Crippen molar-refractivity contribution in [2.75, 3.05) is 0 Å². The molecule has 2 aliphatic rings. The molecule has 0 amide bonds. The van der Waals surface area contributed by atoms with Crippen molar-refractivity contribution in [2.24, 2.45) is 11.8 Å². The van der Waals surface area contributed by atoms with E-state index in [1.165, 1.54) is 0 Å². The molecule has 4 heteroatoms. The molecule has 3 nitrogen and oxygen atoms in total. The van der Waals surface area contributed by atoms with Gasteiger partial charge in [-0.05, 0) is 39.0 Å². The lowest BCUT2D eigenvalue weighted by molar-refractivity contribution is 0.483. The lowest BCUT2D eigenvalue weighted by atomic mass is 9.94. The summed E-state index contributed by atoms with van der Waals surface area (Å²) >= 11 is 0. The van der Waals surface area contributed by atoms with Gasteiger partial charge in [0.05, 0.1) is 10.8 Å². The standard InChI is InChI=1S/C14H19NO2S/c1-4-7-13(2,3)18(16,17)14(10-15)9-11-5-6-12(14)8-11/h4-6,11-12H,1,7-9H2,2-3H3/t11-,12+,14+/m1/s1. The van der Waals surface area contributed by atoms with E-state index in [1.54, 1.807) is 19.9 Å². The molecule has 0 saturated heterocycles. The van der Waals surface area contributed by atoms with Crippen molar-refractivity contribution >= 4 is 9.84 Å². The van der Waals surface area contributed by atoms with Crippen molar-refractivity contribution in [3.8, 4) is 6.07 Å². The van der Waals surface area contributed by atoms with E-state index in [4.69, 9.17) is 0 Å². The van der Waals surface area contributed by atoms with E-state index in [0.29, 0.717) is 12.8 Å². The van der Waals surface area contributed by atoms with Gasteiger partial charge in [-0.1, -0.05) is 18.2 Å². The van der Waals surface area contributed by atoms with E-state index in [9.17, 15) is 13.7 Å². The minimum Gasteiger partial charge on any atom is -0.227 e. The number of hydrogen-bond acceptors (Lipinski definition) is 3. The molecule has 0 heterocycles. The fourth-order valence-corrected chi connectivity index (χ4v) is 5.71. The molecule has 18 heavy (non-hydrogen) atoms. The number of hydrogen-bond donors (Lipinski definition) is 0. The molecule has 2 bridgehead atoms. The molecular formula is C14H19NO2S. The molecule has 1 fully saturated rings. The van der Waals surface area contributed by atoms with Crippen LogP contribution in [0.3, 0.4) is 0 Å². The van der Waals surface area contributed by atoms with Gasteiger partial charge >= 0.3 is 0 Å². The van der Waals surface area contributed by atoms with Crippen molar-refractivity contribution in [3.63, 3.8) is 0 Å². The minimum atomic E-state index is -3.53. The first-order valence-corrected chi connectivity index (χ1v) is 7.74. The first-order chi connectivity index (χ1) is 8.30. The molecule has 0 aromatic heterocycles. The number of nitrogens with zero attached hydrogens (tertiary/aromatic N) is 1. The highest BCUT2D eigenvalue weighted by molar-refractivity contribution is 7.94. The summed E-state index contributed by atoms with van der Waals surface area (Å²) in [5.41, 5.74) is 0. The van der Waals surface area contributed by atoms with Crippen molar-refractivity contribution < 1.29 is 8.42 Å². The van der Waals surface area contributed by atoms with Gasteiger partial charge in [0.1, 0.15) is 0 Å². The van der Waals surface area contributed by atoms with Crippen LogP contribution in [0.5, 0.6) is 0 Å². The van der Waals surface area contributed by atoms with Crippen LogP contribution in [0.4, 0.5) is 0 Å². The van der Waals surface area contributed by atoms with E-state index < -0.39 is 19.3 Å². The molecule has 0 spiro atoms. The second-order valence-corrected chi connectivity index (χ2v) is 8.79. The molecule has 2 aliphatic carbocycles. The monoisotopic (exact) mass is 265 g/mol. The smallest absolute Gasteiger partial charge is 0.175 e. The minimum absolute atomic E-state index is 0.137. The van der Waals surface area contributed by atoms with Crippen molar-refractivity contribution in [1.29, 1.82) is 5.26 Å². The molecule has 0 aromatic carbocycles. The Hall–Kier alpha value is -1.08. The number of nitriles is 1. The Morgan fingerprint density at radius 1 is 1.56 bits per heavy atom. The maximum absolute atomic E-state index is 12.9. The van der Waals surface area contributed by atoms with Crippen LogP contribution in [0.1, 0.15) is 33.1 Å². The predicted molar refractivity (Wildman–Crippen MR) is 71.5 cm³/mol. The van der Waals surface area contributed by atoms with Gasteiger partial charge in [0.15, 0.2) is 14.6 Å². The van der Waals surface area contributed by atoms with Crippen LogP contribution >= 0.6 is 0 Å². The zero-order valence-corrected chi connectivity index (χ0v) is 11.7. The molecule has 2 rings (SSSR count). The van der Waals surface area contributed by atoms with Gasteiger partial charge in [-0.3, -0.25) is 0 Å². The van der Waals surface area contributed by atoms with Gasteiger partial charge in [0.2, 0.25) is 0 Å². The second-order valence-electron chi connectivity index (χ2n) is 5.95. The van der Waals surface area contributed by atoms with Crippen molar-refractivity contribution in [1.82, 2.24) is 0 Å². The quantitative estimate of drug-likeness (QED) is 0.734. The number of allylic oxidation sites excluding steroid dienone is 3. The number of sulfone groups is 1. The van der Waals surface area contributed by atoms with Crippen LogP contribution in [-0.4, -0.2) is 17.9 Å². The van der Waals surface area contributed by atoms with Gasteiger partial charge < -0.3 is 0 Å². The van der Waals surface area contributed by atoms with E-state index in [2.05, 4.69) is 18.7 Å². The SMILES string of the molecule is C=CCC(C)(C)S(=O)(=O)[C@]1(C#N)C[C@@H]2C=C[C@H]1C2. The molecule has 0 N–H and O–H groups in total. The number of fused-ring (bicyclic) bond motifs is 2. The molecule has 0 radical (unpaired) electrons. The Bertz CT molecular complexity index is 539. The zero-order valence-electron chi connectivity index (χ0n) is 10.9. The Morgan fingerprint density at radius 2 is 2.22 bits per heavy atom. The third-order valence-electron chi connectivity index (χ3n) is 4.37. The maximum atomic E-state index is 12.9. The molecule has 98 valence electrons. The molecule has 3 atom stereocenters. The third kappa shape index (κ3) is 1.50. The van der Waals surface area contributed by atoms with Gasteiger partial charge in [0.25, 0.3) is 0 Å². The topological polar surface area (TPSA) is 57.9 Å². The second kappa shape index (κ2) is 3.96. The van der Waals surface area contributed by atoms with E-state index in [-0.39, 0.29) is 11.8 Å². The summed E-state index contributed by atoms with van der Waals surface area (Å²) in [5, 5.41) is 9.52. The fraction of sp³-hybridized carbons (Fsp3) is 0.643. The molecule has 0 aliphatic heterocycles. The summed E-state index contributed by atoms with van der Waals surface area (Å²) in [4.78, 5) is 0. The van der Waals surface area contributed by atoms with Crippen molar-refractivity contribution in [2.45, 2.75) is 42.6 Å². The summed E-state index contributed by atoms with van der Waals surface area (Å²) in [6, 6.07) is 2.14. The van der Waals surface area contributed by atoms with Gasteiger partial charge in [-0.2, -0.15) is 5.26 Å². The summed E-state index contributed by atoms with van der Waals surface area (Å²) in [7, 11) is -3.53. The highest BCUT2D eigenvalue weighted by Gasteiger charge is 2.61. The highest BCUT2D eigenvalue weighted by Crippen LogP contribution is 2.53. The van der Waals surface area contributed by atoms with Crippen LogP contribution in [0.2, 0.25) is 0 Å². The summed E-state index contributed by atoms with van der Waals surface area (Å²) < 4.78 is 23.6. The van der Waals surface area contributed by atoms with E-state index in [0.717, 1.165) is 6.42 Å². The Balaban J connectivity index is 2.50. The Morgan fingerprint density at radius 3 is 2.61 bits per heavy atom. The lowest BCUT2D eigenvalue weighted by Gasteiger charge is -2.36. The van der Waals surface area contributed by atoms with E-state index >= 15 is 0 Å². The summed E-state index contributed by atoms with van der Waals surface area (Å²) in [6.07, 6.45) is 7.21. The van der Waals surface area contributed by atoms with Crippen LogP contribution in [0.25, 0.3) is 0 Å². The van der Waals surface area contributed by atoms with E-state index in [1.807, 2.05) is 6.08 Å². The Labute approximate surface area is 109 Å². The third-order valence-corrected chi connectivity index (χ3v) is 7.51. The van der Waals surface area contributed by atoms with Gasteiger partial charge in [0, 0.05) is 5.92 Å². The van der Waals surface area contributed by atoms with Gasteiger partial charge in [-0.25, -0.2) is 8.42 Å². The Kier molecular flexibility index (Phi) is 2.94. The summed E-state index contributed by atoms with van der Waals surface area (Å²) in [6.45, 7) is 7.01. The molecule has 1 saturated carbocycles. The molecule has 0 unspecified atom stereocenters. The van der Waals surface area contributed by atoms with Crippen LogP contribution < -0.4 is 0 Å². The van der Waals surface area contributed by atoms with Gasteiger partial charge in [-0.15, -0.1) is 6.58 Å². The summed E-state index contributed by atoms with van der Waals surface area (Å²) in [5.74, 6) is 0.116. The average molecular weight is 265 g/mol. The normalized spacial score (nSPS) is 34.5. The van der Waals surface area contributed by atoms with Crippen LogP contribution in [0.15, 0.2) is 24.8 Å². The van der Waals surface area contributed by atoms with Crippen LogP contribution in [0, 0.1) is 23.2 Å². The van der Waals surface area contributed by atoms with Crippen molar-refractivity contribution in [3.05, 3.63) is 24.8 Å². The zero-order chi connectivity index (χ0) is 13.6. The largest absolute Gasteiger partial charge is 0.227 e. The predicted octanol–water partition coefficient (Wildman–Crippen LogP) is 2.61. The maximum Gasteiger partial charge on any atom is 0.175 e. The van der Waals surface area contributed by atoms with Crippen LogP contribution in [-0.2, 0) is 9.84 Å². The molecule has 0 aromatic rings. The lowest BCUT2D eigenvalue weighted by Crippen LogP contribution is -2.50. The number of rotatable bonds is 4. The first kappa shape index (κ1) is 13.4. The fourth-order valence-electron chi connectivity index (χ4n) is 3.26. The average Bonchev–Trinajstić information content (AvgIpc) is 2.88. The molecular weight excluding hydrogens is 246 g/mol.